The minimum absolute atomic E-state index is 0.112. The van der Waals surface area contributed by atoms with Crippen LogP contribution in [0.1, 0.15) is 18.0 Å². The fraction of sp³-hybridized carbons (Fsp3) is 0.286. The van der Waals surface area contributed by atoms with Gasteiger partial charge < -0.3 is 14.8 Å². The number of anilines is 1. The van der Waals surface area contributed by atoms with Gasteiger partial charge in [-0.15, -0.1) is 0 Å². The SMILES string of the molecule is O=c1cccc2n1C[C@H]1C[C@@H]2CN(C(=S)Nc2ccc3ncccc3c2)C1. The van der Waals surface area contributed by atoms with E-state index >= 15 is 0 Å². The molecule has 0 amide bonds. The van der Waals surface area contributed by atoms with Gasteiger partial charge in [-0.1, -0.05) is 12.1 Å². The van der Waals surface area contributed by atoms with Crippen LogP contribution in [0.3, 0.4) is 0 Å². The lowest BCUT2D eigenvalue weighted by Gasteiger charge is -2.43. The summed E-state index contributed by atoms with van der Waals surface area (Å²) in [6.07, 6.45) is 2.93. The molecule has 1 fully saturated rings. The topological polar surface area (TPSA) is 50.2 Å². The second kappa shape index (κ2) is 6.46. The molecule has 0 saturated carbocycles. The van der Waals surface area contributed by atoms with Gasteiger partial charge in [0.15, 0.2) is 5.11 Å². The van der Waals surface area contributed by atoms with Gasteiger partial charge in [0.2, 0.25) is 0 Å². The highest BCUT2D eigenvalue weighted by molar-refractivity contribution is 7.80. The lowest BCUT2D eigenvalue weighted by atomic mass is 9.83. The Kier molecular flexibility index (Phi) is 3.93. The third-order valence-electron chi connectivity index (χ3n) is 5.62. The van der Waals surface area contributed by atoms with Crippen molar-refractivity contribution in [2.24, 2.45) is 5.92 Å². The fourth-order valence-corrected chi connectivity index (χ4v) is 4.69. The number of nitrogens with zero attached hydrogens (tertiary/aromatic N) is 3. The summed E-state index contributed by atoms with van der Waals surface area (Å²) in [6, 6.07) is 15.7. The zero-order valence-corrected chi connectivity index (χ0v) is 15.7. The summed E-state index contributed by atoms with van der Waals surface area (Å²) in [6.45, 7) is 2.52. The van der Waals surface area contributed by atoms with E-state index in [9.17, 15) is 4.79 Å². The third-order valence-corrected chi connectivity index (χ3v) is 5.98. The molecular weight excluding hydrogens is 356 g/mol. The van der Waals surface area contributed by atoms with E-state index in [4.69, 9.17) is 12.2 Å². The van der Waals surface area contributed by atoms with Crippen LogP contribution in [0.2, 0.25) is 0 Å². The largest absolute Gasteiger partial charge is 0.348 e. The molecule has 0 unspecified atom stereocenters. The Morgan fingerprint density at radius 2 is 2.04 bits per heavy atom. The average Bonchev–Trinajstić information content (AvgIpc) is 2.68. The number of nitrogens with one attached hydrogen (secondary N) is 1. The van der Waals surface area contributed by atoms with Crippen LogP contribution in [0.15, 0.2) is 59.5 Å². The summed E-state index contributed by atoms with van der Waals surface area (Å²) in [4.78, 5) is 18.8. The molecule has 2 bridgehead atoms. The van der Waals surface area contributed by atoms with Crippen LogP contribution in [0.25, 0.3) is 10.9 Å². The predicted molar refractivity (Wildman–Crippen MR) is 111 cm³/mol. The lowest BCUT2D eigenvalue weighted by molar-refractivity contribution is 0.180. The number of piperidine rings is 1. The van der Waals surface area contributed by atoms with Crippen molar-refractivity contribution in [1.82, 2.24) is 14.5 Å². The summed E-state index contributed by atoms with van der Waals surface area (Å²) in [7, 11) is 0. The zero-order chi connectivity index (χ0) is 18.4. The van der Waals surface area contributed by atoms with E-state index in [1.807, 2.05) is 28.8 Å². The summed E-state index contributed by atoms with van der Waals surface area (Å²) in [5, 5.41) is 5.23. The molecule has 2 aliphatic rings. The normalized spacial score (nSPS) is 21.0. The van der Waals surface area contributed by atoms with E-state index in [-0.39, 0.29) is 5.56 Å². The Morgan fingerprint density at radius 1 is 1.11 bits per heavy atom. The van der Waals surface area contributed by atoms with Crippen molar-refractivity contribution in [2.45, 2.75) is 18.9 Å². The van der Waals surface area contributed by atoms with Crippen molar-refractivity contribution in [3.8, 4) is 0 Å². The van der Waals surface area contributed by atoms with E-state index in [0.29, 0.717) is 11.8 Å². The van der Waals surface area contributed by atoms with Gasteiger partial charge in [-0.25, -0.2) is 0 Å². The number of hydrogen-bond acceptors (Lipinski definition) is 3. The Labute approximate surface area is 162 Å². The van der Waals surface area contributed by atoms with Crippen molar-refractivity contribution in [1.29, 1.82) is 0 Å². The van der Waals surface area contributed by atoms with Gasteiger partial charge >= 0.3 is 0 Å². The zero-order valence-electron chi connectivity index (χ0n) is 14.8. The second-order valence-corrected chi connectivity index (χ2v) is 7.83. The molecule has 0 spiro atoms. The fourth-order valence-electron chi connectivity index (χ4n) is 4.42. The lowest BCUT2D eigenvalue weighted by Crippen LogP contribution is -2.50. The monoisotopic (exact) mass is 376 g/mol. The summed E-state index contributed by atoms with van der Waals surface area (Å²) >= 11 is 5.71. The standard InChI is InChI=1S/C21H20N4OS/c26-20-5-1-4-19-16-9-14(12-25(19)20)11-24(13-16)21(27)23-17-6-7-18-15(10-17)3-2-8-22-18/h1-8,10,14,16H,9,11-13H2,(H,23,27)/t14-,16+/m0/s1. The van der Waals surface area contributed by atoms with Gasteiger partial charge in [-0.05, 0) is 54.9 Å². The van der Waals surface area contributed by atoms with Gasteiger partial charge in [0.25, 0.3) is 5.56 Å². The summed E-state index contributed by atoms with van der Waals surface area (Å²) in [5.41, 5.74) is 3.21. The smallest absolute Gasteiger partial charge is 0.250 e. The molecule has 27 heavy (non-hydrogen) atoms. The summed E-state index contributed by atoms with van der Waals surface area (Å²) in [5.74, 6) is 0.809. The first-order chi connectivity index (χ1) is 13.2. The van der Waals surface area contributed by atoms with E-state index in [2.05, 4.69) is 33.4 Å². The van der Waals surface area contributed by atoms with Crippen molar-refractivity contribution in [3.05, 3.63) is 70.8 Å². The minimum Gasteiger partial charge on any atom is -0.348 e. The maximum absolute atomic E-state index is 12.2. The molecule has 0 aliphatic carbocycles. The van der Waals surface area contributed by atoms with E-state index in [1.165, 1.54) is 0 Å². The molecule has 4 heterocycles. The molecule has 0 radical (unpaired) electrons. The van der Waals surface area contributed by atoms with Crippen LogP contribution < -0.4 is 10.9 Å². The molecule has 3 aromatic rings. The Balaban J connectivity index is 1.36. The first kappa shape index (κ1) is 16.4. The van der Waals surface area contributed by atoms with Crippen LogP contribution >= 0.6 is 12.2 Å². The predicted octanol–water partition coefficient (Wildman–Crippen LogP) is 3.21. The highest BCUT2D eigenvalue weighted by Crippen LogP contribution is 2.35. The molecule has 1 N–H and O–H groups in total. The highest BCUT2D eigenvalue weighted by atomic mass is 32.1. The van der Waals surface area contributed by atoms with Crippen LogP contribution in [0.5, 0.6) is 0 Å². The molecule has 5 rings (SSSR count). The first-order valence-electron chi connectivity index (χ1n) is 9.28. The molecule has 136 valence electrons. The number of fused-ring (bicyclic) bond motifs is 5. The molecule has 5 nitrogen and oxygen atoms in total. The number of rotatable bonds is 1. The van der Waals surface area contributed by atoms with Crippen LogP contribution in [-0.4, -0.2) is 32.7 Å². The number of aromatic nitrogens is 2. The Morgan fingerprint density at radius 3 is 2.96 bits per heavy atom. The van der Waals surface area contributed by atoms with Crippen molar-refractivity contribution < 1.29 is 0 Å². The van der Waals surface area contributed by atoms with Crippen LogP contribution in [0, 0.1) is 5.92 Å². The average molecular weight is 376 g/mol. The Bertz CT molecular complexity index is 1090. The third kappa shape index (κ3) is 3.00. The van der Waals surface area contributed by atoms with Gasteiger partial charge in [-0.2, -0.15) is 0 Å². The molecule has 6 heteroatoms. The van der Waals surface area contributed by atoms with Crippen LogP contribution in [-0.2, 0) is 6.54 Å². The number of thiocarbonyl (C=S) groups is 1. The van der Waals surface area contributed by atoms with E-state index in [1.54, 1.807) is 12.3 Å². The van der Waals surface area contributed by atoms with Crippen molar-refractivity contribution in [2.75, 3.05) is 18.4 Å². The highest BCUT2D eigenvalue weighted by Gasteiger charge is 2.35. The van der Waals surface area contributed by atoms with E-state index < -0.39 is 0 Å². The maximum atomic E-state index is 12.2. The number of pyridine rings is 2. The molecule has 1 aromatic carbocycles. The minimum atomic E-state index is 0.112. The first-order valence-corrected chi connectivity index (χ1v) is 9.69. The Hall–Kier alpha value is -2.73. The number of hydrogen-bond donors (Lipinski definition) is 1. The quantitative estimate of drug-likeness (QED) is 0.661. The second-order valence-electron chi connectivity index (χ2n) is 7.44. The molecule has 2 aromatic heterocycles. The number of benzene rings is 1. The molecule has 2 atom stereocenters. The molecular formula is C21H20N4OS. The van der Waals surface area contributed by atoms with Crippen molar-refractivity contribution >= 4 is 33.9 Å². The van der Waals surface area contributed by atoms with Gasteiger partial charge in [0.05, 0.1) is 5.52 Å². The molecule has 2 aliphatic heterocycles. The summed E-state index contributed by atoms with van der Waals surface area (Å²) < 4.78 is 1.95. The van der Waals surface area contributed by atoms with Gasteiger partial charge in [0, 0.05) is 54.6 Å². The van der Waals surface area contributed by atoms with Crippen LogP contribution in [0.4, 0.5) is 5.69 Å². The van der Waals surface area contributed by atoms with Gasteiger partial charge in [0.1, 0.15) is 0 Å². The van der Waals surface area contributed by atoms with Gasteiger partial charge in [-0.3, -0.25) is 9.78 Å². The van der Waals surface area contributed by atoms with E-state index in [0.717, 1.165) is 53.5 Å². The number of likely N-dealkylation sites (tertiary alicyclic amines) is 1. The van der Waals surface area contributed by atoms with Crippen molar-refractivity contribution in [3.63, 3.8) is 0 Å². The molecule has 1 saturated heterocycles. The maximum Gasteiger partial charge on any atom is 0.250 e.